The Kier molecular flexibility index (Phi) is 2.64. The highest BCUT2D eigenvalue weighted by Crippen LogP contribution is 2.17. The number of nitrogens with two attached hydrogens (primary N) is 1. The highest BCUT2D eigenvalue weighted by atomic mass is 16.5. The number of hydrogen-bond acceptors (Lipinski definition) is 5. The van der Waals surface area contributed by atoms with E-state index in [9.17, 15) is 0 Å². The average molecular weight is 221 g/mol. The molecule has 0 saturated heterocycles. The molecule has 0 spiro atoms. The molecule has 0 aliphatic rings. The van der Waals surface area contributed by atoms with Gasteiger partial charge in [-0.05, 0) is 12.8 Å². The summed E-state index contributed by atoms with van der Waals surface area (Å²) in [5, 5.41) is 4.10. The molecule has 0 bridgehead atoms. The lowest BCUT2D eigenvalue weighted by molar-refractivity contribution is 0.313. The molecule has 2 N–H and O–H groups in total. The lowest BCUT2D eigenvalue weighted by atomic mass is 10.1. The van der Waals surface area contributed by atoms with Gasteiger partial charge in [0.1, 0.15) is 5.82 Å². The minimum atomic E-state index is 0.305. The smallest absolute Gasteiger partial charge is 0.337 e. The second-order valence-corrected chi connectivity index (χ2v) is 3.80. The molecule has 0 radical (unpaired) electrons. The van der Waals surface area contributed by atoms with E-state index < -0.39 is 0 Å². The first-order valence-corrected chi connectivity index (χ1v) is 5.27. The molecule has 2 rings (SSSR count). The van der Waals surface area contributed by atoms with Gasteiger partial charge in [-0.3, -0.25) is 0 Å². The second-order valence-electron chi connectivity index (χ2n) is 3.80. The molecule has 0 fully saturated rings. The molecule has 2 heterocycles. The van der Waals surface area contributed by atoms with Crippen LogP contribution >= 0.6 is 0 Å². The van der Waals surface area contributed by atoms with Crippen molar-refractivity contribution in [3.05, 3.63) is 11.8 Å². The predicted octanol–water partition coefficient (Wildman–Crippen LogP) is 1.23. The molecule has 6 heteroatoms. The van der Waals surface area contributed by atoms with E-state index in [-0.39, 0.29) is 0 Å². The maximum absolute atomic E-state index is 5.87. The molecule has 16 heavy (non-hydrogen) atoms. The zero-order chi connectivity index (χ0) is 11.7. The van der Waals surface area contributed by atoms with Crippen LogP contribution in [0, 0.1) is 0 Å². The van der Waals surface area contributed by atoms with Gasteiger partial charge in [-0.1, -0.05) is 13.8 Å². The van der Waals surface area contributed by atoms with Crippen molar-refractivity contribution in [3.63, 3.8) is 0 Å². The summed E-state index contributed by atoms with van der Waals surface area (Å²) in [6, 6.07) is 2.12. The SMILES string of the molecule is CCOc1nc2nc(C(C)C)cc(N)n2n1. The van der Waals surface area contributed by atoms with Gasteiger partial charge in [-0.2, -0.15) is 9.50 Å². The normalized spacial score (nSPS) is 11.2. The Hall–Kier alpha value is -1.85. The number of anilines is 1. The minimum absolute atomic E-state index is 0.305. The van der Waals surface area contributed by atoms with Gasteiger partial charge < -0.3 is 10.5 Å². The van der Waals surface area contributed by atoms with E-state index in [2.05, 4.69) is 28.9 Å². The van der Waals surface area contributed by atoms with Crippen LogP contribution in [0.1, 0.15) is 32.4 Å². The molecule has 0 amide bonds. The molecule has 0 aromatic carbocycles. The lowest BCUT2D eigenvalue weighted by Crippen LogP contribution is -2.04. The van der Waals surface area contributed by atoms with E-state index in [0.29, 0.717) is 30.1 Å². The van der Waals surface area contributed by atoms with Crippen LogP contribution in [0.3, 0.4) is 0 Å². The third-order valence-electron chi connectivity index (χ3n) is 2.21. The van der Waals surface area contributed by atoms with E-state index in [4.69, 9.17) is 10.5 Å². The van der Waals surface area contributed by atoms with Gasteiger partial charge in [0.15, 0.2) is 0 Å². The van der Waals surface area contributed by atoms with E-state index in [0.717, 1.165) is 5.69 Å². The highest BCUT2D eigenvalue weighted by molar-refractivity contribution is 5.43. The van der Waals surface area contributed by atoms with Crippen LogP contribution in [0.5, 0.6) is 6.01 Å². The molecule has 6 nitrogen and oxygen atoms in total. The summed E-state index contributed by atoms with van der Waals surface area (Å²) in [7, 11) is 0. The van der Waals surface area contributed by atoms with Crippen LogP contribution < -0.4 is 10.5 Å². The Labute approximate surface area is 93.5 Å². The van der Waals surface area contributed by atoms with Gasteiger partial charge >= 0.3 is 6.01 Å². The van der Waals surface area contributed by atoms with Crippen LogP contribution in [0.2, 0.25) is 0 Å². The van der Waals surface area contributed by atoms with E-state index in [1.165, 1.54) is 4.52 Å². The largest absolute Gasteiger partial charge is 0.463 e. The van der Waals surface area contributed by atoms with Gasteiger partial charge in [0.2, 0.25) is 0 Å². The van der Waals surface area contributed by atoms with E-state index >= 15 is 0 Å². The monoisotopic (exact) mass is 221 g/mol. The summed E-state index contributed by atoms with van der Waals surface area (Å²) < 4.78 is 6.69. The van der Waals surface area contributed by atoms with Crippen molar-refractivity contribution in [1.29, 1.82) is 0 Å². The number of ether oxygens (including phenoxy) is 1. The number of rotatable bonds is 3. The topological polar surface area (TPSA) is 78.3 Å². The molecular weight excluding hydrogens is 206 g/mol. The fourth-order valence-electron chi connectivity index (χ4n) is 1.38. The third-order valence-corrected chi connectivity index (χ3v) is 2.21. The standard InChI is InChI=1S/C10H15N5O/c1-4-16-10-13-9-12-7(6(2)3)5-8(11)15(9)14-10/h5-6H,4,11H2,1-3H3. The van der Waals surface area contributed by atoms with Gasteiger partial charge in [0, 0.05) is 6.07 Å². The van der Waals surface area contributed by atoms with Crippen molar-refractivity contribution >= 4 is 11.6 Å². The van der Waals surface area contributed by atoms with Crippen LogP contribution in [-0.2, 0) is 0 Å². The van der Waals surface area contributed by atoms with Crippen molar-refractivity contribution in [3.8, 4) is 6.01 Å². The highest BCUT2D eigenvalue weighted by Gasteiger charge is 2.11. The number of fused-ring (bicyclic) bond motifs is 1. The predicted molar refractivity (Wildman–Crippen MR) is 60.5 cm³/mol. The van der Waals surface area contributed by atoms with Gasteiger partial charge in [0.05, 0.1) is 12.3 Å². The molecule has 0 saturated carbocycles. The summed E-state index contributed by atoms with van der Waals surface area (Å²) in [6.07, 6.45) is 0. The van der Waals surface area contributed by atoms with Crippen LogP contribution in [-0.4, -0.2) is 26.2 Å². The first-order chi connectivity index (χ1) is 7.61. The molecule has 0 aliphatic heterocycles. The van der Waals surface area contributed by atoms with Crippen molar-refractivity contribution in [2.24, 2.45) is 0 Å². The summed E-state index contributed by atoms with van der Waals surface area (Å²) >= 11 is 0. The third kappa shape index (κ3) is 1.78. The number of hydrogen-bond donors (Lipinski definition) is 1. The average Bonchev–Trinajstić information content (AvgIpc) is 2.61. The second kappa shape index (κ2) is 3.96. The Balaban J connectivity index is 2.54. The molecular formula is C10H15N5O. The van der Waals surface area contributed by atoms with Gasteiger partial charge in [0.25, 0.3) is 5.78 Å². The maximum Gasteiger partial charge on any atom is 0.337 e. The van der Waals surface area contributed by atoms with Crippen molar-refractivity contribution in [2.45, 2.75) is 26.7 Å². The number of nitrogens with zero attached hydrogens (tertiary/aromatic N) is 4. The number of nitrogen functional groups attached to an aromatic ring is 1. The van der Waals surface area contributed by atoms with Crippen LogP contribution in [0.25, 0.3) is 5.78 Å². The Morgan fingerprint density at radius 3 is 2.81 bits per heavy atom. The molecule has 86 valence electrons. The fraction of sp³-hybridized carbons (Fsp3) is 0.500. The molecule has 2 aromatic heterocycles. The van der Waals surface area contributed by atoms with Gasteiger partial charge in [-0.25, -0.2) is 4.98 Å². The zero-order valence-electron chi connectivity index (χ0n) is 9.64. The zero-order valence-corrected chi connectivity index (χ0v) is 9.64. The van der Waals surface area contributed by atoms with Crippen molar-refractivity contribution in [2.75, 3.05) is 12.3 Å². The summed E-state index contributed by atoms with van der Waals surface area (Å²) in [5.41, 5.74) is 6.77. The first-order valence-electron chi connectivity index (χ1n) is 5.27. The Morgan fingerprint density at radius 2 is 2.19 bits per heavy atom. The molecule has 2 aromatic rings. The summed E-state index contributed by atoms with van der Waals surface area (Å²) in [4.78, 5) is 8.51. The van der Waals surface area contributed by atoms with Crippen molar-refractivity contribution in [1.82, 2.24) is 19.6 Å². The Morgan fingerprint density at radius 1 is 1.44 bits per heavy atom. The van der Waals surface area contributed by atoms with E-state index in [1.54, 1.807) is 0 Å². The fourth-order valence-corrected chi connectivity index (χ4v) is 1.38. The minimum Gasteiger partial charge on any atom is -0.463 e. The molecule has 0 atom stereocenters. The molecule has 0 aliphatic carbocycles. The Bertz CT molecular complexity index is 505. The number of aromatic nitrogens is 4. The van der Waals surface area contributed by atoms with E-state index in [1.807, 2.05) is 13.0 Å². The molecule has 0 unspecified atom stereocenters. The summed E-state index contributed by atoms with van der Waals surface area (Å²) in [5.74, 6) is 1.30. The first kappa shape index (κ1) is 10.7. The lowest BCUT2D eigenvalue weighted by Gasteiger charge is -2.05. The maximum atomic E-state index is 5.87. The van der Waals surface area contributed by atoms with Crippen LogP contribution in [0.15, 0.2) is 6.07 Å². The quantitative estimate of drug-likeness (QED) is 0.843. The summed E-state index contributed by atoms with van der Waals surface area (Å²) in [6.45, 7) is 6.51. The van der Waals surface area contributed by atoms with Gasteiger partial charge in [-0.15, -0.1) is 5.10 Å². The van der Waals surface area contributed by atoms with Crippen LogP contribution in [0.4, 0.5) is 5.82 Å². The van der Waals surface area contributed by atoms with Crippen molar-refractivity contribution < 1.29 is 4.74 Å².